The molecule has 1 N–H and O–H groups in total. The number of sulfone groups is 1. The molecule has 0 spiro atoms. The van der Waals surface area contributed by atoms with E-state index in [1.165, 1.54) is 23.0 Å². The number of hydrogen-bond donors (Lipinski definition) is 1. The maximum atomic E-state index is 12.9. The van der Waals surface area contributed by atoms with Gasteiger partial charge in [0, 0.05) is 10.8 Å². The van der Waals surface area contributed by atoms with E-state index in [1.54, 1.807) is 42.6 Å². The van der Waals surface area contributed by atoms with Gasteiger partial charge in [0.2, 0.25) is 9.84 Å². The molecular formula is C22H16N4O3S. The topological polar surface area (TPSA) is 97.7 Å². The van der Waals surface area contributed by atoms with Crippen molar-refractivity contribution in [3.63, 3.8) is 0 Å². The van der Waals surface area contributed by atoms with Crippen LogP contribution >= 0.6 is 0 Å². The molecule has 2 aromatic heterocycles. The second-order valence-corrected chi connectivity index (χ2v) is 8.91. The third-order valence-corrected chi connectivity index (χ3v) is 6.79. The number of H-pyrrole nitrogens is 1. The molecule has 0 amide bonds. The second kappa shape index (κ2) is 6.93. The highest BCUT2D eigenvalue weighted by atomic mass is 32.2. The molecule has 0 atom stereocenters. The average molecular weight is 416 g/mol. The molecule has 0 aliphatic heterocycles. The fraction of sp³-hybridized carbons (Fsp3) is 0.0455. The number of hydrogen-bond acceptors (Lipinski definition) is 5. The largest absolute Gasteiger partial charge is 0.278 e. The van der Waals surface area contributed by atoms with Crippen molar-refractivity contribution < 1.29 is 8.42 Å². The summed E-state index contributed by atoms with van der Waals surface area (Å²) in [6.07, 6.45) is 3.26. The molecule has 0 aliphatic rings. The van der Waals surface area contributed by atoms with Gasteiger partial charge in [0.25, 0.3) is 5.56 Å². The first kappa shape index (κ1) is 18.3. The Morgan fingerprint density at radius 3 is 2.53 bits per heavy atom. The van der Waals surface area contributed by atoms with Crippen LogP contribution in [-0.4, -0.2) is 28.4 Å². The summed E-state index contributed by atoms with van der Waals surface area (Å²) in [7, 11) is -3.66. The predicted octanol–water partition coefficient (Wildman–Crippen LogP) is 3.15. The van der Waals surface area contributed by atoms with E-state index in [1.807, 2.05) is 18.2 Å². The van der Waals surface area contributed by atoms with Crippen LogP contribution in [0.4, 0.5) is 0 Å². The van der Waals surface area contributed by atoms with Crippen molar-refractivity contribution >= 4 is 31.5 Å². The fourth-order valence-corrected chi connectivity index (χ4v) is 4.75. The van der Waals surface area contributed by atoms with Gasteiger partial charge in [-0.25, -0.2) is 13.1 Å². The molecule has 3 aromatic carbocycles. The number of aromatic amines is 1. The lowest BCUT2D eigenvalue weighted by atomic mass is 10.1. The van der Waals surface area contributed by atoms with Gasteiger partial charge in [-0.05, 0) is 42.0 Å². The zero-order chi connectivity index (χ0) is 20.7. The summed E-state index contributed by atoms with van der Waals surface area (Å²) in [5.41, 5.74) is 1.52. The van der Waals surface area contributed by atoms with Crippen LogP contribution in [0.3, 0.4) is 0 Å². The minimum absolute atomic E-state index is 0.129. The van der Waals surface area contributed by atoms with Gasteiger partial charge in [0.05, 0.1) is 39.6 Å². The van der Waals surface area contributed by atoms with Gasteiger partial charge in [-0.3, -0.25) is 9.89 Å². The third-order valence-electron chi connectivity index (χ3n) is 5.03. The summed E-state index contributed by atoms with van der Waals surface area (Å²) in [5.74, 6) is 0. The van der Waals surface area contributed by atoms with Crippen molar-refractivity contribution in [2.45, 2.75) is 16.3 Å². The number of benzene rings is 3. The number of rotatable bonds is 4. The number of fused-ring (bicyclic) bond motifs is 2. The lowest BCUT2D eigenvalue weighted by molar-refractivity contribution is 0.596. The summed E-state index contributed by atoms with van der Waals surface area (Å²) >= 11 is 0. The van der Waals surface area contributed by atoms with E-state index in [9.17, 15) is 13.2 Å². The molecule has 0 saturated carbocycles. The lowest BCUT2D eigenvalue weighted by Crippen LogP contribution is -2.23. The Hall–Kier alpha value is -3.78. The molecule has 0 radical (unpaired) electrons. The number of nitrogens with zero attached hydrogens (tertiary/aromatic N) is 3. The summed E-state index contributed by atoms with van der Waals surface area (Å²) in [6, 6.07) is 18.5. The monoisotopic (exact) mass is 416 g/mol. The fourth-order valence-electron chi connectivity index (χ4n) is 3.44. The minimum Gasteiger partial charge on any atom is -0.278 e. The van der Waals surface area contributed by atoms with Gasteiger partial charge >= 0.3 is 0 Å². The summed E-state index contributed by atoms with van der Waals surface area (Å²) in [5, 5.41) is 13.0. The molecule has 0 bridgehead atoms. The van der Waals surface area contributed by atoms with Gasteiger partial charge in [-0.2, -0.15) is 10.2 Å². The van der Waals surface area contributed by atoms with Crippen LogP contribution in [-0.2, 0) is 16.4 Å². The SMILES string of the molecule is O=c1c2ccc(S(=O)(=O)c3ccccc3)cc2cnn1Cc1ccc2cn[nH]c2c1. The van der Waals surface area contributed by atoms with E-state index in [-0.39, 0.29) is 15.4 Å². The Labute approximate surface area is 171 Å². The molecule has 0 unspecified atom stereocenters. The summed E-state index contributed by atoms with van der Waals surface area (Å²) in [4.78, 5) is 13.2. The van der Waals surface area contributed by atoms with E-state index < -0.39 is 9.84 Å². The highest BCUT2D eigenvalue weighted by molar-refractivity contribution is 7.91. The average Bonchev–Trinajstić information content (AvgIpc) is 3.24. The van der Waals surface area contributed by atoms with E-state index in [0.29, 0.717) is 17.3 Å². The van der Waals surface area contributed by atoms with Gasteiger partial charge < -0.3 is 0 Å². The maximum absolute atomic E-state index is 12.9. The third kappa shape index (κ3) is 3.07. The second-order valence-electron chi connectivity index (χ2n) is 6.96. The Morgan fingerprint density at radius 1 is 0.867 bits per heavy atom. The van der Waals surface area contributed by atoms with E-state index in [4.69, 9.17) is 0 Å². The Balaban J connectivity index is 1.53. The normalized spacial score (nSPS) is 11.9. The molecule has 8 heteroatoms. The zero-order valence-electron chi connectivity index (χ0n) is 15.7. The molecule has 5 aromatic rings. The zero-order valence-corrected chi connectivity index (χ0v) is 16.5. The smallest absolute Gasteiger partial charge is 0.274 e. The molecular weight excluding hydrogens is 400 g/mol. The van der Waals surface area contributed by atoms with Gasteiger partial charge in [-0.1, -0.05) is 30.3 Å². The molecule has 0 saturated heterocycles. The standard InChI is InChI=1S/C22H16N4O3S/c27-22-20-9-8-19(30(28,29)18-4-2-1-3-5-18)11-17(20)13-24-26(22)14-15-6-7-16-12-23-25-21(16)10-15/h1-13H,14H2,(H,23,25). The molecule has 7 nitrogen and oxygen atoms in total. The summed E-state index contributed by atoms with van der Waals surface area (Å²) < 4.78 is 27.1. The van der Waals surface area contributed by atoms with Crippen molar-refractivity contribution in [3.05, 3.63) is 95.0 Å². The van der Waals surface area contributed by atoms with E-state index >= 15 is 0 Å². The van der Waals surface area contributed by atoms with Crippen molar-refractivity contribution in [3.8, 4) is 0 Å². The van der Waals surface area contributed by atoms with E-state index in [0.717, 1.165) is 16.5 Å². The Bertz CT molecular complexity index is 1550. The van der Waals surface area contributed by atoms with Crippen molar-refractivity contribution in [1.82, 2.24) is 20.0 Å². The van der Waals surface area contributed by atoms with Crippen molar-refractivity contribution in [2.24, 2.45) is 0 Å². The molecule has 0 aliphatic carbocycles. The van der Waals surface area contributed by atoms with Crippen LogP contribution in [0.2, 0.25) is 0 Å². The molecule has 30 heavy (non-hydrogen) atoms. The highest BCUT2D eigenvalue weighted by Gasteiger charge is 2.18. The molecule has 2 heterocycles. The van der Waals surface area contributed by atoms with Crippen LogP contribution in [0, 0.1) is 0 Å². The predicted molar refractivity (Wildman–Crippen MR) is 113 cm³/mol. The molecule has 148 valence electrons. The van der Waals surface area contributed by atoms with Crippen LogP contribution in [0.25, 0.3) is 21.7 Å². The van der Waals surface area contributed by atoms with Crippen molar-refractivity contribution in [2.75, 3.05) is 0 Å². The Kier molecular flexibility index (Phi) is 4.22. The first-order valence-electron chi connectivity index (χ1n) is 9.24. The number of nitrogens with one attached hydrogen (secondary N) is 1. The quantitative estimate of drug-likeness (QED) is 0.485. The van der Waals surface area contributed by atoms with E-state index in [2.05, 4.69) is 15.3 Å². The van der Waals surface area contributed by atoms with Crippen LogP contribution in [0.15, 0.2) is 93.7 Å². The minimum atomic E-state index is -3.66. The van der Waals surface area contributed by atoms with Crippen LogP contribution in [0.5, 0.6) is 0 Å². The molecule has 5 rings (SSSR count). The maximum Gasteiger partial charge on any atom is 0.274 e. The van der Waals surface area contributed by atoms with Gasteiger partial charge in [0.1, 0.15) is 0 Å². The summed E-state index contributed by atoms with van der Waals surface area (Å²) in [6.45, 7) is 0.299. The van der Waals surface area contributed by atoms with Crippen molar-refractivity contribution in [1.29, 1.82) is 0 Å². The van der Waals surface area contributed by atoms with Gasteiger partial charge in [-0.15, -0.1) is 0 Å². The lowest BCUT2D eigenvalue weighted by Gasteiger charge is -2.08. The first-order chi connectivity index (χ1) is 14.5. The van der Waals surface area contributed by atoms with Gasteiger partial charge in [0.15, 0.2) is 0 Å². The highest BCUT2D eigenvalue weighted by Crippen LogP contribution is 2.23. The molecule has 0 fully saturated rings. The Morgan fingerprint density at radius 2 is 1.70 bits per heavy atom. The van der Waals surface area contributed by atoms with Crippen LogP contribution < -0.4 is 5.56 Å². The first-order valence-corrected chi connectivity index (χ1v) is 10.7. The number of aromatic nitrogens is 4. The van der Waals surface area contributed by atoms with Crippen LogP contribution in [0.1, 0.15) is 5.56 Å².